The molecule has 0 saturated carbocycles. The van der Waals surface area contributed by atoms with Crippen LogP contribution >= 0.6 is 11.6 Å². The zero-order valence-electron chi connectivity index (χ0n) is 12.5. The molecule has 1 unspecified atom stereocenters. The van der Waals surface area contributed by atoms with E-state index in [1.807, 2.05) is 0 Å². The van der Waals surface area contributed by atoms with Crippen LogP contribution in [0.4, 0.5) is 5.69 Å². The van der Waals surface area contributed by atoms with Gasteiger partial charge >= 0.3 is 0 Å². The maximum absolute atomic E-state index is 12.1. The molecule has 23 heavy (non-hydrogen) atoms. The Morgan fingerprint density at radius 3 is 2.70 bits per heavy atom. The number of aryl methyl sites for hydroxylation is 1. The van der Waals surface area contributed by atoms with Gasteiger partial charge in [0.15, 0.2) is 0 Å². The SMILES string of the molecule is Cc1ccc(C(C)(O)CNC(=O)c2cc(Cl)cc([N+](=O)[O-])c2)o1. The second-order valence-corrected chi connectivity index (χ2v) is 5.76. The predicted molar refractivity (Wildman–Crippen MR) is 83.5 cm³/mol. The first-order valence-electron chi connectivity index (χ1n) is 6.71. The number of nitrogens with zero attached hydrogens (tertiary/aromatic N) is 1. The first kappa shape index (κ1) is 17.0. The van der Waals surface area contributed by atoms with Gasteiger partial charge in [-0.25, -0.2) is 0 Å². The zero-order valence-corrected chi connectivity index (χ0v) is 13.3. The number of furan rings is 1. The first-order chi connectivity index (χ1) is 10.7. The van der Waals surface area contributed by atoms with Crippen molar-refractivity contribution in [2.75, 3.05) is 6.54 Å². The minimum atomic E-state index is -1.41. The number of non-ortho nitro benzene ring substituents is 1. The molecule has 0 spiro atoms. The molecule has 1 atom stereocenters. The smallest absolute Gasteiger partial charge is 0.271 e. The van der Waals surface area contributed by atoms with E-state index in [-0.39, 0.29) is 22.8 Å². The number of carbonyl (C=O) groups excluding carboxylic acids is 1. The summed E-state index contributed by atoms with van der Waals surface area (Å²) in [7, 11) is 0. The van der Waals surface area contributed by atoms with Gasteiger partial charge < -0.3 is 14.8 Å². The van der Waals surface area contributed by atoms with Crippen LogP contribution in [-0.2, 0) is 5.60 Å². The minimum absolute atomic E-state index is 0.0376. The summed E-state index contributed by atoms with van der Waals surface area (Å²) in [6.07, 6.45) is 0. The molecule has 0 aliphatic carbocycles. The van der Waals surface area contributed by atoms with Crippen molar-refractivity contribution in [1.29, 1.82) is 0 Å². The van der Waals surface area contributed by atoms with Crippen LogP contribution in [0, 0.1) is 17.0 Å². The van der Waals surface area contributed by atoms with Crippen molar-refractivity contribution in [2.24, 2.45) is 0 Å². The molecular formula is C15H15ClN2O5. The second kappa shape index (κ2) is 6.39. The molecule has 1 aromatic heterocycles. The van der Waals surface area contributed by atoms with E-state index in [4.69, 9.17) is 16.0 Å². The van der Waals surface area contributed by atoms with Crippen molar-refractivity contribution in [1.82, 2.24) is 5.32 Å². The number of aliphatic hydroxyl groups is 1. The second-order valence-electron chi connectivity index (χ2n) is 5.32. The molecule has 2 rings (SSSR count). The maximum Gasteiger partial charge on any atom is 0.271 e. The summed E-state index contributed by atoms with van der Waals surface area (Å²) < 4.78 is 5.34. The van der Waals surface area contributed by atoms with Crippen molar-refractivity contribution in [3.8, 4) is 0 Å². The third kappa shape index (κ3) is 4.08. The molecular weight excluding hydrogens is 324 g/mol. The van der Waals surface area contributed by atoms with Crippen LogP contribution in [0.1, 0.15) is 28.8 Å². The van der Waals surface area contributed by atoms with Gasteiger partial charge in [0.2, 0.25) is 0 Å². The highest BCUT2D eigenvalue weighted by atomic mass is 35.5. The van der Waals surface area contributed by atoms with Crippen molar-refractivity contribution in [3.63, 3.8) is 0 Å². The Kier molecular flexibility index (Phi) is 4.72. The third-order valence-corrected chi connectivity index (χ3v) is 3.44. The average molecular weight is 339 g/mol. The lowest BCUT2D eigenvalue weighted by Crippen LogP contribution is -2.38. The van der Waals surface area contributed by atoms with Gasteiger partial charge in [-0.3, -0.25) is 14.9 Å². The van der Waals surface area contributed by atoms with E-state index in [1.54, 1.807) is 19.1 Å². The molecule has 7 nitrogen and oxygen atoms in total. The van der Waals surface area contributed by atoms with Gasteiger partial charge in [0.05, 0.1) is 11.5 Å². The summed E-state index contributed by atoms with van der Waals surface area (Å²) in [5.41, 5.74) is -1.65. The quantitative estimate of drug-likeness (QED) is 0.644. The molecule has 2 aromatic rings. The fraction of sp³-hybridized carbons (Fsp3) is 0.267. The fourth-order valence-corrected chi connectivity index (χ4v) is 2.21. The summed E-state index contributed by atoms with van der Waals surface area (Å²) in [5, 5.41) is 23.7. The number of hydrogen-bond donors (Lipinski definition) is 2. The predicted octanol–water partition coefficient (Wildman–Crippen LogP) is 2.79. The van der Waals surface area contributed by atoms with E-state index in [9.17, 15) is 20.0 Å². The molecule has 122 valence electrons. The molecule has 1 aromatic carbocycles. The van der Waals surface area contributed by atoms with Crippen LogP contribution in [0.25, 0.3) is 0 Å². The average Bonchev–Trinajstić information content (AvgIpc) is 2.91. The molecule has 1 heterocycles. The summed E-state index contributed by atoms with van der Waals surface area (Å²) in [5.74, 6) is 0.364. The number of nitro groups is 1. The van der Waals surface area contributed by atoms with Gasteiger partial charge in [0.1, 0.15) is 17.1 Å². The monoisotopic (exact) mass is 338 g/mol. The van der Waals surface area contributed by atoms with Crippen molar-refractivity contribution in [2.45, 2.75) is 19.4 Å². The highest BCUT2D eigenvalue weighted by molar-refractivity contribution is 6.31. The Morgan fingerprint density at radius 1 is 1.43 bits per heavy atom. The molecule has 0 bridgehead atoms. The van der Waals surface area contributed by atoms with E-state index >= 15 is 0 Å². The van der Waals surface area contributed by atoms with E-state index in [1.165, 1.54) is 13.0 Å². The van der Waals surface area contributed by atoms with Gasteiger partial charge in [-0.05, 0) is 32.0 Å². The molecule has 0 aliphatic heterocycles. The van der Waals surface area contributed by atoms with Crippen molar-refractivity contribution >= 4 is 23.2 Å². The number of carbonyl (C=O) groups is 1. The van der Waals surface area contributed by atoms with Gasteiger partial charge in [0, 0.05) is 22.7 Å². The fourth-order valence-electron chi connectivity index (χ4n) is 1.98. The van der Waals surface area contributed by atoms with Crippen molar-refractivity contribution < 1.29 is 19.2 Å². The largest absolute Gasteiger partial charge is 0.463 e. The zero-order chi connectivity index (χ0) is 17.2. The number of rotatable bonds is 5. The van der Waals surface area contributed by atoms with E-state index in [0.29, 0.717) is 11.5 Å². The van der Waals surface area contributed by atoms with E-state index in [0.717, 1.165) is 12.1 Å². The van der Waals surface area contributed by atoms with Gasteiger partial charge in [0.25, 0.3) is 11.6 Å². The molecule has 8 heteroatoms. The number of nitrogens with one attached hydrogen (secondary N) is 1. The highest BCUT2D eigenvalue weighted by Gasteiger charge is 2.28. The Labute approximate surface area is 137 Å². The van der Waals surface area contributed by atoms with Gasteiger partial charge in [-0.15, -0.1) is 0 Å². The maximum atomic E-state index is 12.1. The molecule has 0 saturated heterocycles. The van der Waals surface area contributed by atoms with Crippen LogP contribution in [0.15, 0.2) is 34.7 Å². The summed E-state index contributed by atoms with van der Waals surface area (Å²) in [6, 6.07) is 6.90. The number of amides is 1. The van der Waals surface area contributed by atoms with Crippen molar-refractivity contribution in [3.05, 3.63) is 62.6 Å². The Hall–Kier alpha value is -2.38. The third-order valence-electron chi connectivity index (χ3n) is 3.22. The van der Waals surface area contributed by atoms with Crippen LogP contribution in [0.5, 0.6) is 0 Å². The lowest BCUT2D eigenvalue weighted by atomic mass is 10.0. The number of benzene rings is 1. The summed E-state index contributed by atoms with van der Waals surface area (Å²) in [4.78, 5) is 22.3. The lowest BCUT2D eigenvalue weighted by Gasteiger charge is -2.21. The highest BCUT2D eigenvalue weighted by Crippen LogP contribution is 2.23. The molecule has 2 N–H and O–H groups in total. The normalized spacial score (nSPS) is 13.4. The Balaban J connectivity index is 2.12. The molecule has 1 amide bonds. The van der Waals surface area contributed by atoms with E-state index in [2.05, 4.69) is 5.32 Å². The summed E-state index contributed by atoms with van der Waals surface area (Å²) >= 11 is 5.78. The van der Waals surface area contributed by atoms with Crippen LogP contribution < -0.4 is 5.32 Å². The topological polar surface area (TPSA) is 106 Å². The van der Waals surface area contributed by atoms with Crippen LogP contribution in [0.3, 0.4) is 0 Å². The standard InChI is InChI=1S/C15H15ClN2O5/c1-9-3-4-13(23-9)15(2,20)8-17-14(19)10-5-11(16)7-12(6-10)18(21)22/h3-7,20H,8H2,1-2H3,(H,17,19). The Bertz CT molecular complexity index is 754. The van der Waals surface area contributed by atoms with Crippen LogP contribution in [-0.4, -0.2) is 22.5 Å². The first-order valence-corrected chi connectivity index (χ1v) is 7.09. The number of hydrogen-bond acceptors (Lipinski definition) is 5. The number of nitro benzene ring substituents is 1. The molecule has 0 fully saturated rings. The minimum Gasteiger partial charge on any atom is -0.463 e. The van der Waals surface area contributed by atoms with Gasteiger partial charge in [-0.1, -0.05) is 11.6 Å². The number of halogens is 1. The molecule has 0 aliphatic rings. The van der Waals surface area contributed by atoms with E-state index < -0.39 is 16.4 Å². The Morgan fingerprint density at radius 2 is 2.13 bits per heavy atom. The van der Waals surface area contributed by atoms with Gasteiger partial charge in [-0.2, -0.15) is 0 Å². The lowest BCUT2D eigenvalue weighted by molar-refractivity contribution is -0.384. The molecule has 0 radical (unpaired) electrons. The summed E-state index contributed by atoms with van der Waals surface area (Å²) in [6.45, 7) is 3.11. The van der Waals surface area contributed by atoms with Crippen LogP contribution in [0.2, 0.25) is 5.02 Å².